The molecule has 2 heterocycles. The SMILES string of the molecule is CCOC(=O)C1=C(C)N=c2s/c(=C\c3ccccc3OCc3ccc(Cl)cc3)c(=O)n2C1c1ccc(OC)cc1. The molecule has 0 saturated carbocycles. The van der Waals surface area contributed by atoms with Gasteiger partial charge in [-0.25, -0.2) is 9.79 Å². The first-order valence-electron chi connectivity index (χ1n) is 12.7. The van der Waals surface area contributed by atoms with Gasteiger partial charge in [-0.15, -0.1) is 0 Å². The molecule has 1 unspecified atom stereocenters. The van der Waals surface area contributed by atoms with Gasteiger partial charge in [-0.2, -0.15) is 0 Å². The first-order valence-corrected chi connectivity index (χ1v) is 13.9. The van der Waals surface area contributed by atoms with Gasteiger partial charge in [0.25, 0.3) is 5.56 Å². The standard InChI is InChI=1S/C31H27ClN2O5S/c1-4-38-30(36)27-19(2)33-31-34(28(27)21-11-15-24(37-3)16-12-21)29(35)26(40-31)17-22-7-5-6-8-25(22)39-18-20-9-13-23(32)14-10-20/h5-17,28H,4,18H2,1-3H3/b26-17-. The smallest absolute Gasteiger partial charge is 0.338 e. The molecule has 0 fully saturated rings. The van der Waals surface area contributed by atoms with Crippen LogP contribution in [-0.2, 0) is 16.1 Å². The molecule has 1 atom stereocenters. The maximum absolute atomic E-state index is 13.9. The zero-order chi connectivity index (χ0) is 28.2. The fraction of sp³-hybridized carbons (Fsp3) is 0.194. The molecule has 5 rings (SSSR count). The summed E-state index contributed by atoms with van der Waals surface area (Å²) in [5.41, 5.74) is 3.06. The van der Waals surface area contributed by atoms with Crippen LogP contribution in [0.1, 0.15) is 36.6 Å². The van der Waals surface area contributed by atoms with E-state index in [0.29, 0.717) is 43.7 Å². The number of rotatable bonds is 8. The fourth-order valence-corrected chi connectivity index (χ4v) is 5.67. The van der Waals surface area contributed by atoms with Crippen LogP contribution >= 0.6 is 22.9 Å². The highest BCUT2D eigenvalue weighted by Gasteiger charge is 2.33. The van der Waals surface area contributed by atoms with Gasteiger partial charge in [-0.3, -0.25) is 9.36 Å². The minimum atomic E-state index is -0.695. The van der Waals surface area contributed by atoms with Crippen LogP contribution in [0.15, 0.2) is 93.9 Å². The van der Waals surface area contributed by atoms with E-state index in [2.05, 4.69) is 4.99 Å². The van der Waals surface area contributed by atoms with E-state index >= 15 is 0 Å². The summed E-state index contributed by atoms with van der Waals surface area (Å²) in [6.45, 7) is 4.07. The predicted molar refractivity (Wildman–Crippen MR) is 156 cm³/mol. The van der Waals surface area contributed by atoms with Gasteiger partial charge in [0.2, 0.25) is 0 Å². The molecule has 0 aliphatic carbocycles. The maximum Gasteiger partial charge on any atom is 0.338 e. The monoisotopic (exact) mass is 574 g/mol. The van der Waals surface area contributed by atoms with Gasteiger partial charge in [0.05, 0.1) is 35.6 Å². The maximum atomic E-state index is 13.9. The fourth-order valence-electron chi connectivity index (χ4n) is 4.51. The first kappa shape index (κ1) is 27.4. The summed E-state index contributed by atoms with van der Waals surface area (Å²) in [5.74, 6) is 0.808. The Morgan fingerprint density at radius 1 is 1.07 bits per heavy atom. The number of hydrogen-bond donors (Lipinski definition) is 0. The number of aromatic nitrogens is 1. The molecule has 0 N–H and O–H groups in total. The van der Waals surface area contributed by atoms with E-state index in [0.717, 1.165) is 16.7 Å². The molecule has 3 aromatic carbocycles. The van der Waals surface area contributed by atoms with Crippen molar-refractivity contribution in [2.45, 2.75) is 26.5 Å². The van der Waals surface area contributed by atoms with Crippen molar-refractivity contribution in [3.05, 3.63) is 125 Å². The number of allylic oxidation sites excluding steroid dienone is 1. The van der Waals surface area contributed by atoms with Gasteiger partial charge in [-0.05, 0) is 61.4 Å². The number of benzene rings is 3. The van der Waals surface area contributed by atoms with Gasteiger partial charge in [-0.1, -0.05) is 65.4 Å². The van der Waals surface area contributed by atoms with Gasteiger partial charge in [0, 0.05) is 10.6 Å². The molecule has 1 aliphatic heterocycles. The van der Waals surface area contributed by atoms with Crippen LogP contribution in [-0.4, -0.2) is 24.3 Å². The molecule has 1 aromatic heterocycles. The number of nitrogens with zero attached hydrogens (tertiary/aromatic N) is 2. The Hall–Kier alpha value is -4.14. The normalized spacial score (nSPS) is 14.9. The summed E-state index contributed by atoms with van der Waals surface area (Å²) in [5, 5.41) is 0.661. The lowest BCUT2D eigenvalue weighted by Crippen LogP contribution is -2.39. The molecule has 7 nitrogen and oxygen atoms in total. The molecule has 0 bridgehead atoms. The zero-order valence-corrected chi connectivity index (χ0v) is 23.8. The van der Waals surface area contributed by atoms with Crippen molar-refractivity contribution in [1.82, 2.24) is 4.57 Å². The zero-order valence-electron chi connectivity index (χ0n) is 22.2. The molecule has 9 heteroatoms. The number of ether oxygens (including phenoxy) is 3. The molecule has 4 aromatic rings. The predicted octanol–water partition coefficient (Wildman–Crippen LogP) is 5.04. The summed E-state index contributed by atoms with van der Waals surface area (Å²) < 4.78 is 18.8. The molecule has 0 spiro atoms. The minimum absolute atomic E-state index is 0.210. The highest BCUT2D eigenvalue weighted by atomic mass is 35.5. The van der Waals surface area contributed by atoms with Crippen molar-refractivity contribution in [3.63, 3.8) is 0 Å². The van der Waals surface area contributed by atoms with E-state index < -0.39 is 12.0 Å². The second kappa shape index (κ2) is 11.9. The molecule has 0 amide bonds. The van der Waals surface area contributed by atoms with Crippen molar-refractivity contribution in [3.8, 4) is 11.5 Å². The Bertz CT molecular complexity index is 1760. The van der Waals surface area contributed by atoms with Crippen molar-refractivity contribution in [1.29, 1.82) is 0 Å². The summed E-state index contributed by atoms with van der Waals surface area (Å²) in [6.07, 6.45) is 1.80. The second-order valence-electron chi connectivity index (χ2n) is 9.03. The van der Waals surface area contributed by atoms with Gasteiger partial charge >= 0.3 is 5.97 Å². The molecule has 1 aliphatic rings. The highest BCUT2D eigenvalue weighted by molar-refractivity contribution is 7.07. The summed E-state index contributed by atoms with van der Waals surface area (Å²) in [6, 6.07) is 21.6. The molecule has 204 valence electrons. The van der Waals surface area contributed by atoms with Crippen molar-refractivity contribution < 1.29 is 19.0 Å². The third kappa shape index (κ3) is 5.59. The first-order chi connectivity index (χ1) is 19.4. The topological polar surface area (TPSA) is 79.1 Å². The highest BCUT2D eigenvalue weighted by Crippen LogP contribution is 2.31. The Kier molecular flexibility index (Phi) is 8.19. The van der Waals surface area contributed by atoms with Crippen molar-refractivity contribution in [2.75, 3.05) is 13.7 Å². The van der Waals surface area contributed by atoms with E-state index in [9.17, 15) is 9.59 Å². The molecular weight excluding hydrogens is 548 g/mol. The Balaban J connectivity index is 1.59. The number of halogens is 1. The summed E-state index contributed by atoms with van der Waals surface area (Å²) >= 11 is 7.26. The van der Waals surface area contributed by atoms with E-state index in [1.807, 2.05) is 60.7 Å². The number of thiazole rings is 1. The quantitative estimate of drug-likeness (QED) is 0.276. The summed E-state index contributed by atoms with van der Waals surface area (Å²) in [7, 11) is 1.59. The number of esters is 1. The number of para-hydroxylation sites is 1. The van der Waals surface area contributed by atoms with E-state index in [1.165, 1.54) is 11.3 Å². The molecular formula is C31H27ClN2O5S. The van der Waals surface area contributed by atoms with Gasteiger partial charge in [0.1, 0.15) is 18.1 Å². The van der Waals surface area contributed by atoms with Gasteiger partial charge in [0.15, 0.2) is 4.80 Å². The Labute approximate surface area is 240 Å². The lowest BCUT2D eigenvalue weighted by Gasteiger charge is -2.24. The van der Waals surface area contributed by atoms with Crippen LogP contribution in [0.25, 0.3) is 6.08 Å². The average Bonchev–Trinajstić information content (AvgIpc) is 3.26. The van der Waals surface area contributed by atoms with Crippen molar-refractivity contribution in [2.24, 2.45) is 4.99 Å². The van der Waals surface area contributed by atoms with Crippen LogP contribution < -0.4 is 24.4 Å². The summed E-state index contributed by atoms with van der Waals surface area (Å²) in [4.78, 5) is 32.1. The average molecular weight is 575 g/mol. The lowest BCUT2D eigenvalue weighted by molar-refractivity contribution is -0.139. The van der Waals surface area contributed by atoms with Crippen LogP contribution in [0.5, 0.6) is 11.5 Å². The number of carbonyl (C=O) groups excluding carboxylic acids is 1. The lowest BCUT2D eigenvalue weighted by atomic mass is 9.96. The van der Waals surface area contributed by atoms with Crippen LogP contribution in [0.2, 0.25) is 5.02 Å². The number of fused-ring (bicyclic) bond motifs is 1. The minimum Gasteiger partial charge on any atom is -0.497 e. The molecule has 40 heavy (non-hydrogen) atoms. The molecule has 0 radical (unpaired) electrons. The number of hydrogen-bond acceptors (Lipinski definition) is 7. The van der Waals surface area contributed by atoms with E-state index in [4.69, 9.17) is 25.8 Å². The third-order valence-electron chi connectivity index (χ3n) is 6.46. The van der Waals surface area contributed by atoms with Gasteiger partial charge < -0.3 is 14.2 Å². The van der Waals surface area contributed by atoms with Crippen LogP contribution in [0.3, 0.4) is 0 Å². The number of methoxy groups -OCH3 is 1. The van der Waals surface area contributed by atoms with E-state index in [1.54, 1.807) is 43.7 Å². The third-order valence-corrected chi connectivity index (χ3v) is 7.70. The Morgan fingerprint density at radius 2 is 1.80 bits per heavy atom. The van der Waals surface area contributed by atoms with E-state index in [-0.39, 0.29) is 12.2 Å². The second-order valence-corrected chi connectivity index (χ2v) is 10.5. The Morgan fingerprint density at radius 3 is 2.50 bits per heavy atom. The number of carbonyl (C=O) groups is 1. The van der Waals surface area contributed by atoms with Crippen LogP contribution in [0.4, 0.5) is 0 Å². The largest absolute Gasteiger partial charge is 0.497 e. The van der Waals surface area contributed by atoms with Crippen LogP contribution in [0, 0.1) is 0 Å². The van der Waals surface area contributed by atoms with Crippen molar-refractivity contribution >= 4 is 35.0 Å². The molecule has 0 saturated heterocycles.